The van der Waals surface area contributed by atoms with Crippen molar-refractivity contribution < 1.29 is 8.42 Å². The monoisotopic (exact) mass is 256 g/mol. The second-order valence-corrected chi connectivity index (χ2v) is 4.97. The van der Waals surface area contributed by atoms with Gasteiger partial charge in [-0.25, -0.2) is 18.5 Å². The Morgan fingerprint density at radius 2 is 2.12 bits per heavy atom. The van der Waals surface area contributed by atoms with E-state index in [1.165, 1.54) is 4.57 Å². The maximum absolute atomic E-state index is 11.3. The standard InChI is InChI=1S/C8H12N6O2S/c1-3-14-7(6-4-13(2)5-10-6)11-12-8(14)17(9,15)16/h4-5H,3H2,1-2H3,(H2,9,15,16). The number of sulfonamides is 1. The Labute approximate surface area is 98.1 Å². The second-order valence-electron chi connectivity index (χ2n) is 3.52. The third kappa shape index (κ3) is 2.06. The molecule has 0 bridgehead atoms. The first-order valence-corrected chi connectivity index (χ1v) is 6.42. The summed E-state index contributed by atoms with van der Waals surface area (Å²) in [5.41, 5.74) is 0.553. The summed E-state index contributed by atoms with van der Waals surface area (Å²) in [4.78, 5) is 4.09. The van der Waals surface area contributed by atoms with E-state index < -0.39 is 10.0 Å². The number of nitrogens with two attached hydrogens (primary N) is 1. The molecule has 2 rings (SSSR count). The van der Waals surface area contributed by atoms with Gasteiger partial charge in [-0.3, -0.25) is 4.57 Å². The number of aromatic nitrogens is 5. The van der Waals surface area contributed by atoms with E-state index in [-0.39, 0.29) is 5.16 Å². The zero-order valence-electron chi connectivity index (χ0n) is 9.40. The van der Waals surface area contributed by atoms with Gasteiger partial charge in [0.15, 0.2) is 5.82 Å². The zero-order chi connectivity index (χ0) is 12.6. The summed E-state index contributed by atoms with van der Waals surface area (Å²) in [7, 11) is -2.06. The molecule has 0 fully saturated rings. The van der Waals surface area contributed by atoms with Gasteiger partial charge in [-0.15, -0.1) is 10.2 Å². The van der Waals surface area contributed by atoms with E-state index >= 15 is 0 Å². The van der Waals surface area contributed by atoms with Crippen molar-refractivity contribution in [1.29, 1.82) is 0 Å². The Hall–Kier alpha value is -1.74. The Morgan fingerprint density at radius 1 is 1.41 bits per heavy atom. The first kappa shape index (κ1) is 11.7. The Kier molecular flexibility index (Phi) is 2.71. The number of nitrogens with zero attached hydrogens (tertiary/aromatic N) is 5. The molecule has 0 spiro atoms. The van der Waals surface area contributed by atoms with Gasteiger partial charge in [-0.05, 0) is 6.92 Å². The number of imidazole rings is 1. The molecule has 2 aromatic heterocycles. The number of rotatable bonds is 3. The van der Waals surface area contributed by atoms with Crippen molar-refractivity contribution in [2.75, 3.05) is 0 Å². The summed E-state index contributed by atoms with van der Waals surface area (Å²) in [6, 6.07) is 0. The largest absolute Gasteiger partial charge is 0.340 e. The minimum atomic E-state index is -3.87. The minimum Gasteiger partial charge on any atom is -0.340 e. The molecule has 92 valence electrons. The third-order valence-corrected chi connectivity index (χ3v) is 3.03. The van der Waals surface area contributed by atoms with Gasteiger partial charge in [-0.2, -0.15) is 0 Å². The highest BCUT2D eigenvalue weighted by atomic mass is 32.2. The fraction of sp³-hybridized carbons (Fsp3) is 0.375. The van der Waals surface area contributed by atoms with Crippen LogP contribution in [-0.2, 0) is 23.6 Å². The van der Waals surface area contributed by atoms with E-state index in [2.05, 4.69) is 15.2 Å². The Morgan fingerprint density at radius 3 is 2.59 bits per heavy atom. The summed E-state index contributed by atoms with van der Waals surface area (Å²) in [5.74, 6) is 0.386. The average Bonchev–Trinajstić information content (AvgIpc) is 2.81. The number of hydrogen-bond acceptors (Lipinski definition) is 5. The van der Waals surface area contributed by atoms with E-state index in [4.69, 9.17) is 5.14 Å². The minimum absolute atomic E-state index is 0.249. The highest BCUT2D eigenvalue weighted by molar-refractivity contribution is 7.89. The van der Waals surface area contributed by atoms with Crippen molar-refractivity contribution in [3.05, 3.63) is 12.5 Å². The lowest BCUT2D eigenvalue weighted by Gasteiger charge is -2.03. The van der Waals surface area contributed by atoms with Gasteiger partial charge in [0.25, 0.3) is 15.2 Å². The van der Waals surface area contributed by atoms with Gasteiger partial charge >= 0.3 is 0 Å². The first-order valence-electron chi connectivity index (χ1n) is 4.88. The molecule has 0 aliphatic rings. The Bertz CT molecular complexity index is 641. The van der Waals surface area contributed by atoms with Crippen molar-refractivity contribution in [2.24, 2.45) is 12.2 Å². The van der Waals surface area contributed by atoms with Gasteiger partial charge in [0.2, 0.25) is 0 Å². The summed E-state index contributed by atoms with van der Waals surface area (Å²) in [6.45, 7) is 2.18. The normalized spacial score (nSPS) is 11.9. The van der Waals surface area contributed by atoms with E-state index in [9.17, 15) is 8.42 Å². The van der Waals surface area contributed by atoms with E-state index in [1.807, 2.05) is 7.05 Å². The smallest absolute Gasteiger partial charge is 0.273 e. The van der Waals surface area contributed by atoms with Crippen LogP contribution in [-0.4, -0.2) is 32.7 Å². The van der Waals surface area contributed by atoms with Crippen molar-refractivity contribution in [2.45, 2.75) is 18.6 Å². The first-order chi connectivity index (χ1) is 7.93. The molecule has 0 unspecified atom stereocenters. The highest BCUT2D eigenvalue weighted by Gasteiger charge is 2.21. The number of aryl methyl sites for hydroxylation is 1. The average molecular weight is 256 g/mol. The topological polar surface area (TPSA) is 109 Å². The molecule has 0 saturated heterocycles. The molecule has 0 radical (unpaired) electrons. The maximum Gasteiger partial charge on any atom is 0.273 e. The zero-order valence-corrected chi connectivity index (χ0v) is 10.2. The maximum atomic E-state index is 11.3. The Balaban J connectivity index is 2.61. The lowest BCUT2D eigenvalue weighted by Crippen LogP contribution is -2.18. The van der Waals surface area contributed by atoms with Crippen molar-refractivity contribution in [1.82, 2.24) is 24.3 Å². The van der Waals surface area contributed by atoms with E-state index in [0.717, 1.165) is 0 Å². The van der Waals surface area contributed by atoms with Gasteiger partial charge < -0.3 is 4.57 Å². The lowest BCUT2D eigenvalue weighted by atomic mass is 10.4. The van der Waals surface area contributed by atoms with E-state index in [0.29, 0.717) is 18.1 Å². The van der Waals surface area contributed by atoms with Gasteiger partial charge in [-0.1, -0.05) is 0 Å². The van der Waals surface area contributed by atoms with Crippen molar-refractivity contribution in [3.63, 3.8) is 0 Å². The SMILES string of the molecule is CCn1c(-c2cn(C)cn2)nnc1S(N)(=O)=O. The molecule has 0 aromatic carbocycles. The van der Waals surface area contributed by atoms with Crippen LogP contribution in [0.4, 0.5) is 0 Å². The molecule has 0 aliphatic heterocycles. The third-order valence-electron chi connectivity index (χ3n) is 2.22. The molecule has 0 amide bonds. The molecule has 0 aliphatic carbocycles. The van der Waals surface area contributed by atoms with Crippen LogP contribution in [0.2, 0.25) is 0 Å². The summed E-state index contributed by atoms with van der Waals surface area (Å²) < 4.78 is 25.7. The predicted molar refractivity (Wildman–Crippen MR) is 59.3 cm³/mol. The van der Waals surface area contributed by atoms with Crippen molar-refractivity contribution >= 4 is 10.0 Å². The predicted octanol–water partition coefficient (Wildman–Crippen LogP) is -0.654. The molecule has 2 aromatic rings. The van der Waals surface area contributed by atoms with Crippen LogP contribution in [0.3, 0.4) is 0 Å². The fourth-order valence-corrected chi connectivity index (χ4v) is 2.18. The van der Waals surface area contributed by atoms with Crippen LogP contribution >= 0.6 is 0 Å². The summed E-state index contributed by atoms with van der Waals surface area (Å²) in [5, 5.41) is 12.2. The van der Waals surface area contributed by atoms with Crippen molar-refractivity contribution in [3.8, 4) is 11.5 Å². The van der Waals surface area contributed by atoms with Crippen LogP contribution in [0, 0.1) is 0 Å². The van der Waals surface area contributed by atoms with Crippen LogP contribution in [0.5, 0.6) is 0 Å². The lowest BCUT2D eigenvalue weighted by molar-refractivity contribution is 0.570. The molecule has 8 nitrogen and oxygen atoms in total. The molecule has 17 heavy (non-hydrogen) atoms. The highest BCUT2D eigenvalue weighted by Crippen LogP contribution is 2.17. The van der Waals surface area contributed by atoms with Crippen LogP contribution in [0.25, 0.3) is 11.5 Å². The number of hydrogen-bond donors (Lipinski definition) is 1. The second kappa shape index (κ2) is 3.93. The molecule has 2 heterocycles. The van der Waals surface area contributed by atoms with Gasteiger partial charge in [0.1, 0.15) is 5.69 Å². The molecular weight excluding hydrogens is 244 g/mol. The molecular formula is C8H12N6O2S. The fourth-order valence-electron chi connectivity index (χ4n) is 1.50. The van der Waals surface area contributed by atoms with E-state index in [1.54, 1.807) is 24.0 Å². The number of primary sulfonamides is 1. The summed E-state index contributed by atoms with van der Waals surface area (Å²) >= 11 is 0. The van der Waals surface area contributed by atoms with Gasteiger partial charge in [0, 0.05) is 19.8 Å². The van der Waals surface area contributed by atoms with Crippen LogP contribution in [0.15, 0.2) is 17.7 Å². The molecule has 2 N–H and O–H groups in total. The van der Waals surface area contributed by atoms with Crippen LogP contribution in [0.1, 0.15) is 6.92 Å². The molecule has 0 atom stereocenters. The van der Waals surface area contributed by atoms with Crippen LogP contribution < -0.4 is 5.14 Å². The molecule has 0 saturated carbocycles. The summed E-state index contributed by atoms with van der Waals surface area (Å²) in [6.07, 6.45) is 3.32. The van der Waals surface area contributed by atoms with Gasteiger partial charge in [0.05, 0.1) is 6.33 Å². The quantitative estimate of drug-likeness (QED) is 0.784. The molecule has 9 heteroatoms.